The summed E-state index contributed by atoms with van der Waals surface area (Å²) in [5.74, 6) is 0.627. The molecule has 4 rings (SSSR count). The Hall–Kier alpha value is -4.06. The summed E-state index contributed by atoms with van der Waals surface area (Å²) in [6, 6.07) is 13.8. The largest absolute Gasteiger partial charge is 0.496 e. The summed E-state index contributed by atoms with van der Waals surface area (Å²) in [6.45, 7) is 5.71. The van der Waals surface area contributed by atoms with Crippen LogP contribution >= 0.6 is 0 Å². The number of fused-ring (bicyclic) bond motifs is 1. The average Bonchev–Trinajstić information content (AvgIpc) is 3.24. The maximum atomic E-state index is 13.4. The molecule has 0 aliphatic carbocycles. The monoisotopic (exact) mass is 459 g/mol. The van der Waals surface area contributed by atoms with E-state index in [2.05, 4.69) is 5.32 Å². The number of carbonyl (C=O) groups is 1. The number of benzene rings is 3. The maximum absolute atomic E-state index is 13.4. The van der Waals surface area contributed by atoms with Crippen LogP contribution in [0.1, 0.15) is 23.6 Å². The fourth-order valence-electron chi connectivity index (χ4n) is 4.09. The molecule has 0 aliphatic rings. The van der Waals surface area contributed by atoms with Crippen LogP contribution in [-0.2, 0) is 4.79 Å². The number of rotatable bonds is 6. The molecule has 1 heterocycles. The minimum Gasteiger partial charge on any atom is -0.496 e. The highest BCUT2D eigenvalue weighted by Gasteiger charge is 2.19. The number of furan rings is 1. The number of nitrogens with one attached hydrogen (secondary N) is 1. The molecule has 3 aromatic carbocycles. The molecule has 0 fully saturated rings. The molecule has 34 heavy (non-hydrogen) atoms. The van der Waals surface area contributed by atoms with Crippen LogP contribution in [0, 0.1) is 19.7 Å². The molecule has 4 aromatic rings. The molecule has 1 amide bonds. The number of hydrogen-bond donors (Lipinski definition) is 1. The van der Waals surface area contributed by atoms with Gasteiger partial charge < -0.3 is 19.2 Å². The Morgan fingerprint density at radius 1 is 1.03 bits per heavy atom. The van der Waals surface area contributed by atoms with Gasteiger partial charge in [-0.2, -0.15) is 0 Å². The van der Waals surface area contributed by atoms with E-state index in [-0.39, 0.29) is 11.7 Å². The van der Waals surface area contributed by atoms with Gasteiger partial charge in [-0.15, -0.1) is 0 Å². The van der Waals surface area contributed by atoms with E-state index in [0.717, 1.165) is 38.8 Å². The van der Waals surface area contributed by atoms with Crippen LogP contribution in [0.3, 0.4) is 0 Å². The van der Waals surface area contributed by atoms with E-state index in [1.807, 2.05) is 45.0 Å². The van der Waals surface area contributed by atoms with E-state index in [0.29, 0.717) is 22.8 Å². The highest BCUT2D eigenvalue weighted by atomic mass is 19.1. The molecule has 0 saturated heterocycles. The number of ether oxygens (including phenoxy) is 2. The van der Waals surface area contributed by atoms with Crippen LogP contribution in [0.25, 0.3) is 27.7 Å². The molecule has 0 bridgehead atoms. The number of aryl methyl sites for hydroxylation is 2. The van der Waals surface area contributed by atoms with E-state index in [9.17, 15) is 9.18 Å². The van der Waals surface area contributed by atoms with Gasteiger partial charge in [0.2, 0.25) is 5.91 Å². The fraction of sp³-hybridized carbons (Fsp3) is 0.179. The molecule has 174 valence electrons. The predicted octanol–water partition coefficient (Wildman–Crippen LogP) is 6.91. The van der Waals surface area contributed by atoms with Crippen LogP contribution in [-0.4, -0.2) is 20.1 Å². The second-order valence-electron chi connectivity index (χ2n) is 8.14. The number of halogens is 1. The molecule has 0 atom stereocenters. The quantitative estimate of drug-likeness (QED) is 0.318. The summed E-state index contributed by atoms with van der Waals surface area (Å²) < 4.78 is 30.3. The Morgan fingerprint density at radius 2 is 1.76 bits per heavy atom. The first-order valence-electron chi connectivity index (χ1n) is 10.8. The number of amides is 1. The highest BCUT2D eigenvalue weighted by Crippen LogP contribution is 2.40. The summed E-state index contributed by atoms with van der Waals surface area (Å²) in [4.78, 5) is 12.9. The first-order chi connectivity index (χ1) is 16.3. The minimum atomic E-state index is -0.301. The minimum absolute atomic E-state index is 0.285. The third-order valence-corrected chi connectivity index (χ3v) is 5.79. The number of allylic oxidation sites excluding steroid dienone is 1. The zero-order valence-corrected chi connectivity index (χ0v) is 19.8. The molecule has 0 radical (unpaired) electrons. The molecule has 5 nitrogen and oxygen atoms in total. The Labute approximate surface area is 197 Å². The van der Waals surface area contributed by atoms with Crippen molar-refractivity contribution in [3.63, 3.8) is 0 Å². The summed E-state index contributed by atoms with van der Waals surface area (Å²) in [5.41, 5.74) is 6.26. The van der Waals surface area contributed by atoms with Crippen molar-refractivity contribution in [2.45, 2.75) is 20.8 Å². The lowest BCUT2D eigenvalue weighted by Crippen LogP contribution is -2.10. The van der Waals surface area contributed by atoms with Gasteiger partial charge in [0.15, 0.2) is 0 Å². The lowest BCUT2D eigenvalue weighted by Gasteiger charge is -2.14. The van der Waals surface area contributed by atoms with Crippen LogP contribution in [0.15, 0.2) is 65.3 Å². The van der Waals surface area contributed by atoms with Gasteiger partial charge in [0.05, 0.1) is 26.2 Å². The topological polar surface area (TPSA) is 60.7 Å². The highest BCUT2D eigenvalue weighted by molar-refractivity contribution is 6.06. The van der Waals surface area contributed by atoms with E-state index in [1.54, 1.807) is 32.6 Å². The molecule has 0 spiro atoms. The summed E-state index contributed by atoms with van der Waals surface area (Å²) in [6.07, 6.45) is 3.19. The maximum Gasteiger partial charge on any atom is 0.248 e. The third-order valence-electron chi connectivity index (χ3n) is 5.79. The standard InChI is InChI=1S/C28H26FNO4/c1-16-6-11-25(32-4)24(12-16)30-26(31)13-17(2)21-14-22-23(19-7-9-20(29)10-8-19)15-34-28(22)18(3)27(21)33-5/h6-15H,1-5H3,(H,30,31)/b17-13+. The van der Waals surface area contributed by atoms with Crippen LogP contribution < -0.4 is 14.8 Å². The molecule has 0 saturated carbocycles. The first kappa shape index (κ1) is 23.1. The second kappa shape index (κ2) is 9.43. The van der Waals surface area contributed by atoms with Crippen LogP contribution in [0.4, 0.5) is 10.1 Å². The van der Waals surface area contributed by atoms with Crippen molar-refractivity contribution in [1.29, 1.82) is 0 Å². The van der Waals surface area contributed by atoms with Gasteiger partial charge in [-0.3, -0.25) is 4.79 Å². The van der Waals surface area contributed by atoms with Crippen LogP contribution in [0.5, 0.6) is 11.5 Å². The number of hydrogen-bond acceptors (Lipinski definition) is 4. The zero-order valence-electron chi connectivity index (χ0n) is 19.8. The van der Waals surface area contributed by atoms with Gasteiger partial charge in [0, 0.05) is 28.2 Å². The zero-order chi connectivity index (χ0) is 24.4. The molecular formula is C28H26FNO4. The number of methoxy groups -OCH3 is 2. The molecule has 6 heteroatoms. The van der Waals surface area contributed by atoms with Crippen molar-refractivity contribution >= 4 is 28.1 Å². The molecule has 1 aromatic heterocycles. The Kier molecular flexibility index (Phi) is 6.41. The van der Waals surface area contributed by atoms with Crippen molar-refractivity contribution in [3.8, 4) is 22.6 Å². The van der Waals surface area contributed by atoms with Gasteiger partial charge in [0.1, 0.15) is 22.9 Å². The number of carbonyl (C=O) groups excluding carboxylic acids is 1. The van der Waals surface area contributed by atoms with Crippen molar-refractivity contribution in [2.75, 3.05) is 19.5 Å². The van der Waals surface area contributed by atoms with E-state index in [4.69, 9.17) is 13.9 Å². The Balaban J connectivity index is 1.76. The fourth-order valence-corrected chi connectivity index (χ4v) is 4.09. The van der Waals surface area contributed by atoms with Gasteiger partial charge in [-0.25, -0.2) is 4.39 Å². The van der Waals surface area contributed by atoms with Gasteiger partial charge in [-0.1, -0.05) is 18.2 Å². The summed E-state index contributed by atoms with van der Waals surface area (Å²) in [5, 5.41) is 3.75. The van der Waals surface area contributed by atoms with Crippen molar-refractivity contribution in [2.24, 2.45) is 0 Å². The van der Waals surface area contributed by atoms with Crippen LogP contribution in [0.2, 0.25) is 0 Å². The molecule has 0 aliphatic heterocycles. The predicted molar refractivity (Wildman–Crippen MR) is 133 cm³/mol. The van der Waals surface area contributed by atoms with Gasteiger partial charge in [-0.05, 0) is 67.8 Å². The van der Waals surface area contributed by atoms with E-state index >= 15 is 0 Å². The lowest BCUT2D eigenvalue weighted by molar-refractivity contribution is -0.111. The smallest absolute Gasteiger partial charge is 0.248 e. The van der Waals surface area contributed by atoms with Gasteiger partial charge >= 0.3 is 0 Å². The Bertz CT molecular complexity index is 1400. The second-order valence-corrected chi connectivity index (χ2v) is 8.14. The van der Waals surface area contributed by atoms with Crippen molar-refractivity contribution < 1.29 is 23.1 Å². The molecule has 1 N–H and O–H groups in total. The third kappa shape index (κ3) is 4.39. The SMILES string of the molecule is COc1ccc(C)cc1NC(=O)/C=C(\C)c1cc2c(-c3ccc(F)cc3)coc2c(C)c1OC. The van der Waals surface area contributed by atoms with Crippen molar-refractivity contribution in [3.05, 3.63) is 83.4 Å². The first-order valence-corrected chi connectivity index (χ1v) is 10.8. The average molecular weight is 460 g/mol. The number of anilines is 1. The van der Waals surface area contributed by atoms with E-state index < -0.39 is 0 Å². The van der Waals surface area contributed by atoms with Crippen molar-refractivity contribution in [1.82, 2.24) is 0 Å². The molecule has 0 unspecified atom stereocenters. The Morgan fingerprint density at radius 3 is 2.44 bits per heavy atom. The van der Waals surface area contributed by atoms with E-state index in [1.165, 1.54) is 18.2 Å². The normalized spacial score (nSPS) is 11.5. The van der Waals surface area contributed by atoms with Gasteiger partial charge in [0.25, 0.3) is 0 Å². The summed E-state index contributed by atoms with van der Waals surface area (Å²) >= 11 is 0. The summed E-state index contributed by atoms with van der Waals surface area (Å²) in [7, 11) is 3.15. The lowest BCUT2D eigenvalue weighted by atomic mass is 9.96. The molecular weight excluding hydrogens is 433 g/mol.